The van der Waals surface area contributed by atoms with Crippen LogP contribution in [0.25, 0.3) is 0 Å². The Hall–Kier alpha value is -0.830. The smallest absolute Gasteiger partial charge is 0.135 e. The normalized spacial score (nSPS) is 21.4. The maximum absolute atomic E-state index is 6.10. The van der Waals surface area contributed by atoms with Gasteiger partial charge in [-0.25, -0.2) is 9.97 Å². The Morgan fingerprint density at radius 3 is 2.41 bits per heavy atom. The van der Waals surface area contributed by atoms with Crippen molar-refractivity contribution in [3.05, 3.63) is 17.0 Å². The molecule has 0 amide bonds. The Labute approximate surface area is 107 Å². The molecule has 17 heavy (non-hydrogen) atoms. The van der Waals surface area contributed by atoms with Gasteiger partial charge >= 0.3 is 0 Å². The van der Waals surface area contributed by atoms with Crippen molar-refractivity contribution in [3.8, 4) is 0 Å². The summed E-state index contributed by atoms with van der Waals surface area (Å²) in [4.78, 5) is 11.4. The van der Waals surface area contributed by atoms with Gasteiger partial charge in [0.25, 0.3) is 0 Å². The highest BCUT2D eigenvalue weighted by Gasteiger charge is 2.27. The van der Waals surface area contributed by atoms with Crippen LogP contribution < -0.4 is 4.90 Å². The Balaban J connectivity index is 1.84. The summed E-state index contributed by atoms with van der Waals surface area (Å²) in [5.41, 5.74) is 0. The van der Waals surface area contributed by atoms with Gasteiger partial charge in [-0.3, -0.25) is 0 Å². The largest absolute Gasteiger partial charge is 0.356 e. The molecule has 2 heterocycles. The number of rotatable bonds is 2. The second kappa shape index (κ2) is 4.81. The van der Waals surface area contributed by atoms with E-state index in [0.29, 0.717) is 11.1 Å². The second-order valence-electron chi connectivity index (χ2n) is 5.08. The van der Waals surface area contributed by atoms with Crippen molar-refractivity contribution in [1.82, 2.24) is 9.97 Å². The molecule has 0 unspecified atom stereocenters. The van der Waals surface area contributed by atoms with E-state index >= 15 is 0 Å². The van der Waals surface area contributed by atoms with Crippen LogP contribution in [0, 0.1) is 0 Å². The molecule has 2 fully saturated rings. The fourth-order valence-corrected chi connectivity index (χ4v) is 2.59. The van der Waals surface area contributed by atoms with Crippen LogP contribution in [0.5, 0.6) is 0 Å². The van der Waals surface area contributed by atoms with Gasteiger partial charge in [-0.1, -0.05) is 24.4 Å². The molecular weight excluding hydrogens is 234 g/mol. The molecule has 1 aliphatic carbocycles. The number of halogens is 1. The van der Waals surface area contributed by atoms with Gasteiger partial charge in [-0.2, -0.15) is 0 Å². The highest BCUT2D eigenvalue weighted by molar-refractivity contribution is 6.29. The fraction of sp³-hybridized carbons (Fsp3) is 0.692. The third kappa shape index (κ3) is 2.71. The van der Waals surface area contributed by atoms with Crippen molar-refractivity contribution in [2.45, 2.75) is 44.4 Å². The molecule has 0 atom stereocenters. The zero-order valence-electron chi connectivity index (χ0n) is 10.0. The molecule has 1 saturated carbocycles. The number of hydrogen-bond acceptors (Lipinski definition) is 3. The third-order valence-electron chi connectivity index (χ3n) is 3.57. The molecule has 1 aromatic heterocycles. The topological polar surface area (TPSA) is 29.0 Å². The van der Waals surface area contributed by atoms with Crippen LogP contribution in [-0.2, 0) is 0 Å². The average molecular weight is 252 g/mol. The summed E-state index contributed by atoms with van der Waals surface area (Å²) < 4.78 is 0. The molecule has 4 heteroatoms. The van der Waals surface area contributed by atoms with Gasteiger partial charge in [-0.15, -0.1) is 0 Å². The lowest BCUT2D eigenvalue weighted by atomic mass is 10.2. The van der Waals surface area contributed by atoms with E-state index in [2.05, 4.69) is 9.88 Å². The van der Waals surface area contributed by atoms with Crippen molar-refractivity contribution in [2.24, 2.45) is 0 Å². The lowest BCUT2D eigenvalue weighted by molar-refractivity contribution is 0.726. The van der Waals surface area contributed by atoms with E-state index in [9.17, 15) is 0 Å². The first-order valence-corrected chi connectivity index (χ1v) is 7.00. The first-order valence-electron chi connectivity index (χ1n) is 6.62. The number of nitrogens with zero attached hydrogens (tertiary/aromatic N) is 3. The molecule has 3 nitrogen and oxygen atoms in total. The first-order chi connectivity index (χ1) is 8.33. The van der Waals surface area contributed by atoms with Crippen LogP contribution in [0.15, 0.2) is 6.07 Å². The van der Waals surface area contributed by atoms with Crippen LogP contribution in [0.2, 0.25) is 5.15 Å². The van der Waals surface area contributed by atoms with Gasteiger partial charge in [0.1, 0.15) is 16.8 Å². The van der Waals surface area contributed by atoms with Crippen LogP contribution in [0.4, 0.5) is 5.82 Å². The molecule has 92 valence electrons. The van der Waals surface area contributed by atoms with Crippen LogP contribution in [0.1, 0.15) is 50.3 Å². The number of anilines is 1. The standard InChI is InChI=1S/C13H18ClN3/c14-11-9-12(16-13(15-11)10-5-6-10)17-7-3-1-2-4-8-17/h9-10H,1-8H2. The van der Waals surface area contributed by atoms with Crippen LogP contribution >= 0.6 is 11.6 Å². The highest BCUT2D eigenvalue weighted by atomic mass is 35.5. The van der Waals surface area contributed by atoms with Gasteiger partial charge in [-0.05, 0) is 25.7 Å². The predicted molar refractivity (Wildman–Crippen MR) is 69.7 cm³/mol. The molecule has 0 N–H and O–H groups in total. The average Bonchev–Trinajstić information content (AvgIpc) is 3.16. The van der Waals surface area contributed by atoms with Crippen molar-refractivity contribution < 1.29 is 0 Å². The molecule has 0 aromatic carbocycles. The van der Waals surface area contributed by atoms with E-state index in [0.717, 1.165) is 24.7 Å². The van der Waals surface area contributed by atoms with Crippen molar-refractivity contribution in [1.29, 1.82) is 0 Å². The van der Waals surface area contributed by atoms with E-state index in [1.807, 2.05) is 6.07 Å². The summed E-state index contributed by atoms with van der Waals surface area (Å²) in [6.07, 6.45) is 7.65. The quantitative estimate of drug-likeness (QED) is 0.755. The monoisotopic (exact) mass is 251 g/mol. The molecule has 3 rings (SSSR count). The summed E-state index contributed by atoms with van der Waals surface area (Å²) in [7, 11) is 0. The zero-order valence-corrected chi connectivity index (χ0v) is 10.8. The minimum absolute atomic E-state index is 0.569. The Bertz CT molecular complexity index is 396. The van der Waals surface area contributed by atoms with Crippen molar-refractivity contribution >= 4 is 17.4 Å². The lowest BCUT2D eigenvalue weighted by Crippen LogP contribution is -2.25. The van der Waals surface area contributed by atoms with Crippen molar-refractivity contribution in [2.75, 3.05) is 18.0 Å². The summed E-state index contributed by atoms with van der Waals surface area (Å²) in [6.45, 7) is 2.22. The number of hydrogen-bond donors (Lipinski definition) is 0. The van der Waals surface area contributed by atoms with Crippen molar-refractivity contribution in [3.63, 3.8) is 0 Å². The molecular formula is C13H18ClN3. The van der Waals surface area contributed by atoms with E-state index < -0.39 is 0 Å². The minimum Gasteiger partial charge on any atom is -0.356 e. The third-order valence-corrected chi connectivity index (χ3v) is 3.76. The lowest BCUT2D eigenvalue weighted by Gasteiger charge is -2.21. The summed E-state index contributed by atoms with van der Waals surface area (Å²) in [6, 6.07) is 1.92. The summed E-state index contributed by atoms with van der Waals surface area (Å²) >= 11 is 6.10. The maximum Gasteiger partial charge on any atom is 0.135 e. The van der Waals surface area contributed by atoms with Gasteiger partial charge in [0.05, 0.1) is 0 Å². The molecule has 1 saturated heterocycles. The first kappa shape index (κ1) is 11.3. The van der Waals surface area contributed by atoms with Gasteiger partial charge in [0.15, 0.2) is 0 Å². The molecule has 0 radical (unpaired) electrons. The number of aromatic nitrogens is 2. The molecule has 1 aromatic rings. The SMILES string of the molecule is Clc1cc(N2CCCCCC2)nc(C2CC2)n1. The van der Waals surface area contributed by atoms with Gasteiger partial charge < -0.3 is 4.90 Å². The van der Waals surface area contributed by atoms with E-state index in [4.69, 9.17) is 16.6 Å². The maximum atomic E-state index is 6.10. The Morgan fingerprint density at radius 2 is 1.76 bits per heavy atom. The summed E-state index contributed by atoms with van der Waals surface area (Å²) in [5.74, 6) is 2.56. The van der Waals surface area contributed by atoms with E-state index in [1.54, 1.807) is 0 Å². The zero-order chi connectivity index (χ0) is 11.7. The van der Waals surface area contributed by atoms with E-state index in [-0.39, 0.29) is 0 Å². The molecule has 1 aliphatic heterocycles. The van der Waals surface area contributed by atoms with Crippen LogP contribution in [0.3, 0.4) is 0 Å². The molecule has 2 aliphatic rings. The summed E-state index contributed by atoms with van der Waals surface area (Å²) in [5, 5.41) is 0.598. The van der Waals surface area contributed by atoms with Gasteiger partial charge in [0, 0.05) is 25.1 Å². The molecule has 0 bridgehead atoms. The minimum atomic E-state index is 0.569. The van der Waals surface area contributed by atoms with Crippen LogP contribution in [-0.4, -0.2) is 23.1 Å². The Kier molecular flexibility index (Phi) is 3.19. The Morgan fingerprint density at radius 1 is 1.06 bits per heavy atom. The highest BCUT2D eigenvalue weighted by Crippen LogP contribution is 2.39. The predicted octanol–water partition coefficient (Wildman–Crippen LogP) is 3.39. The molecule has 0 spiro atoms. The second-order valence-corrected chi connectivity index (χ2v) is 5.47. The van der Waals surface area contributed by atoms with Gasteiger partial charge in [0.2, 0.25) is 0 Å². The van der Waals surface area contributed by atoms with E-state index in [1.165, 1.54) is 38.5 Å². The fourth-order valence-electron chi connectivity index (χ4n) is 2.41.